The summed E-state index contributed by atoms with van der Waals surface area (Å²) in [5, 5.41) is 20.9. The topological polar surface area (TPSA) is 113 Å². The van der Waals surface area contributed by atoms with E-state index in [1.807, 2.05) is 18.2 Å². The molecule has 1 rings (SSSR count). The molecule has 120 valence electrons. The number of hydrogen-bond acceptors (Lipinski definition) is 5. The first-order chi connectivity index (χ1) is 10.3. The number of ketones is 1. The maximum atomic E-state index is 11.6. The van der Waals surface area contributed by atoms with Gasteiger partial charge in [-0.2, -0.15) is 0 Å². The lowest BCUT2D eigenvalue weighted by atomic mass is 9.95. The summed E-state index contributed by atoms with van der Waals surface area (Å²) in [4.78, 5) is 33.5. The van der Waals surface area contributed by atoms with Gasteiger partial charge in [0.25, 0.3) is 0 Å². The molecule has 0 saturated carbocycles. The molecule has 0 bridgehead atoms. The first kappa shape index (κ1) is 17.6. The zero-order valence-corrected chi connectivity index (χ0v) is 12.4. The number of Topliss-reactive ketones (excluding diaryl/α,β-unsaturated/α-hetero) is 1. The molecular weight excluding hydrogens is 290 g/mol. The first-order valence-electron chi connectivity index (χ1n) is 6.75. The van der Waals surface area contributed by atoms with Gasteiger partial charge in [-0.25, -0.2) is 9.59 Å². The number of carbonyl (C=O) groups excluding carboxylic acids is 2. The van der Waals surface area contributed by atoms with Crippen molar-refractivity contribution in [1.29, 1.82) is 0 Å². The van der Waals surface area contributed by atoms with E-state index in [1.165, 1.54) is 13.8 Å². The van der Waals surface area contributed by atoms with Crippen molar-refractivity contribution in [3.05, 3.63) is 35.9 Å². The number of carboxylic acid groups (broad SMARTS) is 1. The highest BCUT2D eigenvalue weighted by Gasteiger charge is 2.31. The highest BCUT2D eigenvalue weighted by atomic mass is 16.5. The Morgan fingerprint density at radius 2 is 1.77 bits per heavy atom. The molecule has 1 aromatic carbocycles. The van der Waals surface area contributed by atoms with Crippen LogP contribution in [0.3, 0.4) is 0 Å². The van der Waals surface area contributed by atoms with E-state index in [0.29, 0.717) is 0 Å². The second-order valence-corrected chi connectivity index (χ2v) is 4.94. The molecule has 3 unspecified atom stereocenters. The molecule has 0 aliphatic carbocycles. The Kier molecular flexibility index (Phi) is 6.52. The zero-order valence-electron chi connectivity index (χ0n) is 12.4. The van der Waals surface area contributed by atoms with Gasteiger partial charge in [-0.3, -0.25) is 4.79 Å². The van der Waals surface area contributed by atoms with E-state index in [2.05, 4.69) is 5.32 Å². The van der Waals surface area contributed by atoms with Crippen LogP contribution in [0, 0.1) is 5.92 Å². The van der Waals surface area contributed by atoms with Gasteiger partial charge in [-0.1, -0.05) is 37.3 Å². The number of benzene rings is 1. The predicted octanol–water partition coefficient (Wildman–Crippen LogP) is 0.952. The van der Waals surface area contributed by atoms with Crippen LogP contribution in [0.25, 0.3) is 0 Å². The number of carboxylic acids is 1. The number of aliphatic carboxylic acids is 1. The van der Waals surface area contributed by atoms with Crippen LogP contribution in [0.4, 0.5) is 4.79 Å². The van der Waals surface area contributed by atoms with Gasteiger partial charge in [0, 0.05) is 0 Å². The lowest BCUT2D eigenvalue weighted by Gasteiger charge is -2.23. The van der Waals surface area contributed by atoms with E-state index in [-0.39, 0.29) is 6.61 Å². The van der Waals surface area contributed by atoms with Gasteiger partial charge < -0.3 is 20.3 Å². The van der Waals surface area contributed by atoms with Crippen molar-refractivity contribution in [2.45, 2.75) is 32.6 Å². The molecule has 0 heterocycles. The molecule has 3 atom stereocenters. The number of amides is 1. The van der Waals surface area contributed by atoms with E-state index in [4.69, 9.17) is 9.84 Å². The Bertz CT molecular complexity index is 530. The minimum Gasteiger partial charge on any atom is -0.475 e. The molecule has 7 heteroatoms. The molecular formula is C15H19NO6. The molecule has 0 aliphatic rings. The number of rotatable bonds is 7. The Morgan fingerprint density at radius 1 is 1.18 bits per heavy atom. The largest absolute Gasteiger partial charge is 0.475 e. The van der Waals surface area contributed by atoms with Gasteiger partial charge in [0.1, 0.15) is 6.61 Å². The summed E-state index contributed by atoms with van der Waals surface area (Å²) in [6, 6.07) is 8.20. The quantitative estimate of drug-likeness (QED) is 0.646. The van der Waals surface area contributed by atoms with Crippen LogP contribution in [-0.4, -0.2) is 40.2 Å². The zero-order chi connectivity index (χ0) is 16.7. The first-order valence-corrected chi connectivity index (χ1v) is 6.75. The van der Waals surface area contributed by atoms with Crippen molar-refractivity contribution in [2.75, 3.05) is 0 Å². The molecule has 3 N–H and O–H groups in total. The predicted molar refractivity (Wildman–Crippen MR) is 77.0 cm³/mol. The summed E-state index contributed by atoms with van der Waals surface area (Å²) >= 11 is 0. The maximum absolute atomic E-state index is 11.6. The molecule has 7 nitrogen and oxygen atoms in total. The minimum absolute atomic E-state index is 0.0686. The number of aliphatic hydroxyl groups is 1. The SMILES string of the molecule is CC(NC(=O)OCc1ccccc1)C(O)C(C)C(=O)C(=O)O. The van der Waals surface area contributed by atoms with Gasteiger partial charge >= 0.3 is 12.1 Å². The van der Waals surface area contributed by atoms with Crippen molar-refractivity contribution in [1.82, 2.24) is 5.32 Å². The van der Waals surface area contributed by atoms with Gasteiger partial charge in [-0.05, 0) is 12.5 Å². The molecule has 0 radical (unpaired) electrons. The van der Waals surface area contributed by atoms with Crippen molar-refractivity contribution < 1.29 is 29.3 Å². The third-order valence-electron chi connectivity index (χ3n) is 3.21. The van der Waals surface area contributed by atoms with Crippen LogP contribution in [0.1, 0.15) is 19.4 Å². The molecule has 22 heavy (non-hydrogen) atoms. The number of aliphatic hydroxyl groups excluding tert-OH is 1. The van der Waals surface area contributed by atoms with Crippen molar-refractivity contribution in [3.63, 3.8) is 0 Å². The molecule has 0 spiro atoms. The Balaban J connectivity index is 2.46. The number of hydrogen-bond donors (Lipinski definition) is 3. The fourth-order valence-corrected chi connectivity index (χ4v) is 1.82. The molecule has 0 fully saturated rings. The van der Waals surface area contributed by atoms with Crippen molar-refractivity contribution in [2.24, 2.45) is 5.92 Å². The molecule has 1 amide bonds. The average Bonchev–Trinajstić information content (AvgIpc) is 2.51. The minimum atomic E-state index is -1.62. The summed E-state index contributed by atoms with van der Waals surface area (Å²) in [6.45, 7) is 2.81. The number of nitrogens with one attached hydrogen (secondary N) is 1. The highest BCUT2D eigenvalue weighted by molar-refractivity contribution is 6.33. The smallest absolute Gasteiger partial charge is 0.407 e. The summed E-state index contributed by atoms with van der Waals surface area (Å²) in [5.41, 5.74) is 0.806. The molecule has 0 aromatic heterocycles. The van der Waals surface area contributed by atoms with E-state index in [1.54, 1.807) is 12.1 Å². The van der Waals surface area contributed by atoms with Crippen LogP contribution >= 0.6 is 0 Å². The summed E-state index contributed by atoms with van der Waals surface area (Å²) in [5.74, 6) is -3.87. The fourth-order valence-electron chi connectivity index (χ4n) is 1.82. The third kappa shape index (κ3) is 5.17. The summed E-state index contributed by atoms with van der Waals surface area (Å²) in [7, 11) is 0. The number of alkyl carbamates (subject to hydrolysis) is 1. The van der Waals surface area contributed by atoms with Crippen LogP contribution in [0.5, 0.6) is 0 Å². The summed E-state index contributed by atoms with van der Waals surface area (Å²) < 4.78 is 4.97. The lowest BCUT2D eigenvalue weighted by Crippen LogP contribution is -2.47. The normalized spacial score (nSPS) is 14.5. The maximum Gasteiger partial charge on any atom is 0.407 e. The Labute approximate surface area is 127 Å². The summed E-state index contributed by atoms with van der Waals surface area (Å²) in [6.07, 6.45) is -2.08. The Hall–Kier alpha value is -2.41. The van der Waals surface area contributed by atoms with Crippen molar-refractivity contribution in [3.8, 4) is 0 Å². The van der Waals surface area contributed by atoms with E-state index in [9.17, 15) is 19.5 Å². The second kappa shape index (κ2) is 8.14. The van der Waals surface area contributed by atoms with Crippen LogP contribution in [0.15, 0.2) is 30.3 Å². The number of carbonyl (C=O) groups is 3. The monoisotopic (exact) mass is 309 g/mol. The molecule has 0 saturated heterocycles. The van der Waals surface area contributed by atoms with E-state index < -0.39 is 35.9 Å². The second-order valence-electron chi connectivity index (χ2n) is 4.94. The van der Waals surface area contributed by atoms with E-state index >= 15 is 0 Å². The average molecular weight is 309 g/mol. The number of ether oxygens (including phenoxy) is 1. The Morgan fingerprint density at radius 3 is 2.32 bits per heavy atom. The van der Waals surface area contributed by atoms with Crippen LogP contribution in [-0.2, 0) is 20.9 Å². The van der Waals surface area contributed by atoms with Gasteiger partial charge in [0.2, 0.25) is 5.78 Å². The van der Waals surface area contributed by atoms with Gasteiger partial charge in [-0.15, -0.1) is 0 Å². The standard InChI is InChI=1S/C15H19NO6/c1-9(13(18)14(19)20)12(17)10(2)16-15(21)22-8-11-6-4-3-5-7-11/h3-7,9-10,12,17H,8H2,1-2H3,(H,16,21)(H,19,20). The van der Waals surface area contributed by atoms with Crippen LogP contribution < -0.4 is 5.32 Å². The molecule has 0 aliphatic heterocycles. The lowest BCUT2D eigenvalue weighted by molar-refractivity contribution is -0.152. The van der Waals surface area contributed by atoms with E-state index in [0.717, 1.165) is 5.56 Å². The molecule has 1 aromatic rings. The fraction of sp³-hybridized carbons (Fsp3) is 0.400. The third-order valence-corrected chi connectivity index (χ3v) is 3.21. The van der Waals surface area contributed by atoms with Crippen molar-refractivity contribution >= 4 is 17.8 Å². The van der Waals surface area contributed by atoms with Gasteiger partial charge in [0.15, 0.2) is 0 Å². The van der Waals surface area contributed by atoms with Crippen LogP contribution in [0.2, 0.25) is 0 Å². The van der Waals surface area contributed by atoms with Gasteiger partial charge in [0.05, 0.1) is 18.1 Å². The highest BCUT2D eigenvalue weighted by Crippen LogP contribution is 2.09.